The van der Waals surface area contributed by atoms with Crippen molar-refractivity contribution in [2.45, 2.75) is 45.1 Å². The lowest BCUT2D eigenvalue weighted by molar-refractivity contribution is 0.0518. The van der Waals surface area contributed by atoms with Gasteiger partial charge in [-0.2, -0.15) is 0 Å². The molecule has 1 amide bonds. The summed E-state index contributed by atoms with van der Waals surface area (Å²) < 4.78 is 18.2. The Balaban J connectivity index is 0.000000152. The first-order valence-electron chi connectivity index (χ1n) is 38.0. The van der Waals surface area contributed by atoms with E-state index in [2.05, 4.69) is 64.2 Å². The number of nitrogens with zero attached hydrogens (tertiary/aromatic N) is 1. The maximum Gasteiger partial charge on any atom is 0.347 e. The molecule has 1 fully saturated rings. The van der Waals surface area contributed by atoms with E-state index < -0.39 is 80.2 Å². The number of anilines is 3. The van der Waals surface area contributed by atoms with Crippen LogP contribution in [-0.4, -0.2) is 130 Å². The molecule has 0 saturated heterocycles. The molecule has 17 rings (SSSR count). The van der Waals surface area contributed by atoms with E-state index in [1.54, 1.807) is 177 Å². The highest BCUT2D eigenvalue weighted by atomic mass is 35.5. The molecular formula is C90H77Cl2N13O22. The van der Waals surface area contributed by atoms with Crippen LogP contribution in [0.3, 0.4) is 0 Å². The molecule has 0 bridgehead atoms. The summed E-state index contributed by atoms with van der Waals surface area (Å²) in [5.74, 6) is -5.91. The third-order valence-electron chi connectivity index (χ3n) is 19.2. The number of pyridine rings is 8. The summed E-state index contributed by atoms with van der Waals surface area (Å²) in [6.45, 7) is 8.59. The Kier molecular flexibility index (Phi) is 30.6. The van der Waals surface area contributed by atoms with Gasteiger partial charge in [-0.1, -0.05) is 170 Å². The fourth-order valence-corrected chi connectivity index (χ4v) is 13.8. The number of H-pyrrole nitrogens is 8. The number of halogens is 2. The van der Waals surface area contributed by atoms with Crippen molar-refractivity contribution in [3.05, 3.63) is 338 Å². The Morgan fingerprint density at radius 3 is 1.10 bits per heavy atom. The molecule has 1 saturated carbocycles. The molecule has 37 heteroatoms. The normalized spacial score (nSPS) is 11.3. The Morgan fingerprint density at radius 1 is 0.394 bits per heavy atom. The number of fused-ring (bicyclic) bond motifs is 8. The number of nitrogens with two attached hydrogens (primary N) is 3. The molecule has 0 radical (unpaired) electrons. The van der Waals surface area contributed by atoms with E-state index in [1.165, 1.54) is 26.7 Å². The van der Waals surface area contributed by atoms with Gasteiger partial charge < -0.3 is 102 Å². The zero-order valence-corrected chi connectivity index (χ0v) is 69.0. The molecule has 19 N–H and O–H groups in total. The maximum absolute atomic E-state index is 12.3. The number of carboxylic acids is 1. The molecule has 0 aliphatic heterocycles. The van der Waals surface area contributed by atoms with Gasteiger partial charge in [-0.15, -0.1) is 0 Å². The number of nitrogen functional groups attached to an aromatic ring is 3. The highest BCUT2D eigenvalue weighted by Crippen LogP contribution is 2.32. The molecule has 1 aliphatic rings. The summed E-state index contributed by atoms with van der Waals surface area (Å²) in [6, 6.07) is 57.0. The fraction of sp³-hybridized carbons (Fsp3) is 0.122. The van der Waals surface area contributed by atoms with Gasteiger partial charge in [0.25, 0.3) is 50.5 Å². The first-order chi connectivity index (χ1) is 60.9. The molecule has 0 atom stereocenters. The van der Waals surface area contributed by atoms with Crippen molar-refractivity contribution < 1.29 is 68.1 Å². The summed E-state index contributed by atoms with van der Waals surface area (Å²) in [5, 5.41) is 46.6. The van der Waals surface area contributed by atoms with Gasteiger partial charge in [0, 0.05) is 71.9 Å². The number of rotatable bonds is 8. The number of aromatic hydroxyl groups is 3. The van der Waals surface area contributed by atoms with Crippen molar-refractivity contribution in [3.8, 4) is 17.2 Å². The number of carbonyl (C=O) groups is 6. The van der Waals surface area contributed by atoms with Crippen LogP contribution in [-0.2, 0) is 18.9 Å². The zero-order chi connectivity index (χ0) is 92.0. The average Bonchev–Trinajstić information content (AvgIpc) is 0.803. The third kappa shape index (κ3) is 21.4. The molecule has 127 heavy (non-hydrogen) atoms. The highest BCUT2D eigenvalue weighted by Gasteiger charge is 2.26. The fourth-order valence-electron chi connectivity index (χ4n) is 13.1. The largest absolute Gasteiger partial charge is 0.506 e. The first kappa shape index (κ1) is 92.4. The summed E-state index contributed by atoms with van der Waals surface area (Å²) in [7, 11) is 3.56. The van der Waals surface area contributed by atoms with Gasteiger partial charge in [0.2, 0.25) is 5.56 Å². The van der Waals surface area contributed by atoms with Crippen LogP contribution < -0.4 is 67.0 Å². The Bertz CT molecular complexity index is 7270. The molecule has 1 aliphatic carbocycles. The minimum atomic E-state index is -1.32. The molecule has 35 nitrogen and oxygen atoms in total. The molecule has 0 spiro atoms. The van der Waals surface area contributed by atoms with Gasteiger partial charge in [0.1, 0.15) is 39.5 Å². The van der Waals surface area contributed by atoms with E-state index in [4.69, 9.17) is 56.8 Å². The van der Waals surface area contributed by atoms with Crippen LogP contribution in [0.15, 0.2) is 239 Å². The van der Waals surface area contributed by atoms with Gasteiger partial charge in [-0.05, 0) is 86.5 Å². The van der Waals surface area contributed by atoms with E-state index in [9.17, 15) is 82.4 Å². The second-order valence-corrected chi connectivity index (χ2v) is 27.9. The van der Waals surface area contributed by atoms with Crippen molar-refractivity contribution in [2.24, 2.45) is 0 Å². The van der Waals surface area contributed by atoms with Crippen LogP contribution in [0.5, 0.6) is 17.2 Å². The SMILES string of the molecule is CCOC(=O)c1c(O)c2ccccc2[nH]c1=O.COC(=O)c1c(Cl)c2ccccc2[nH]c1=O.COC(=O)c1c(N)c2ccccc2[nH]c1=O.COC(=O)c1c(O)c2ccccc2[nH]c1=O.Nc1c(C(=O)O)c(=O)[nH]c2ccccc12.Nc1cc(=O)[nH]c2ccccc12.O=C(NC1CCCCC1)c1c(O)c2ccccc2[nH]c1=O.[C-]#[N+]c1c(Cl)c2ccccc2[nH]c1=O. The molecule has 0 unspecified atom stereocenters. The smallest absolute Gasteiger partial charge is 0.347 e. The second-order valence-electron chi connectivity index (χ2n) is 27.2. The van der Waals surface area contributed by atoms with Crippen LogP contribution >= 0.6 is 23.2 Å². The van der Waals surface area contributed by atoms with E-state index >= 15 is 0 Å². The number of ether oxygens (including phenoxy) is 4. The van der Waals surface area contributed by atoms with Gasteiger partial charge in [0.05, 0.1) is 89.0 Å². The number of esters is 4. The van der Waals surface area contributed by atoms with Gasteiger partial charge in [-0.25, -0.2) is 28.8 Å². The predicted molar refractivity (Wildman–Crippen MR) is 482 cm³/mol. The highest BCUT2D eigenvalue weighted by molar-refractivity contribution is 6.38. The number of methoxy groups -OCH3 is 3. The summed E-state index contributed by atoms with van der Waals surface area (Å²) in [4.78, 5) is 184. The number of benzene rings is 8. The minimum absolute atomic E-state index is 0.00171. The maximum atomic E-state index is 12.3. The van der Waals surface area contributed by atoms with E-state index in [1.807, 2.05) is 24.3 Å². The zero-order valence-electron chi connectivity index (χ0n) is 67.4. The number of para-hydroxylation sites is 8. The number of hydrogen-bond donors (Lipinski definition) is 16. The van der Waals surface area contributed by atoms with Crippen LogP contribution in [0.25, 0.3) is 92.1 Å². The quantitative estimate of drug-likeness (QED) is 0.0382. The number of carboxylic acid groups (broad SMARTS) is 1. The standard InChI is InChI=1S/C16H18N2O3.C12H11NO4.C11H8ClNO3.C11H10N2O3.C11H9NO4.C10H5ClN2O.C10H8N2O3.C9H8N2O/c19-14-11-8-4-5-9-12(11)18-16(21)13(14)15(20)17-10-6-2-1-3-7-10;1-2-17-12(16)9-10(14)7-5-3-4-6-8(7)13-11(9)15;2*1-16-11(15)8-9(12)6-4-2-3-5-7(6)13-10(8)14;1-16-11(15)8-9(13)6-4-2-3-5-7(6)12-10(8)14;1-12-9-8(11)6-4-2-3-5-7(6)13-10(9)14;11-8-5-3-1-2-4-6(5)12-9(13)7(8)10(14)15;10-7-5-9(12)11-8-4-2-1-3-6(7)8/h4-5,8-10H,1-3,6-7H2,(H,17,20)(H2,18,19,21);3-6H,2H2,1H3,(H2,13,14,15);2-5H,1H3,(H,13,14);2-5H,1H3,(H3,12,13,14);2-5H,1H3,(H2,12,13,14);2-5H,(H,13,14);1-4H,(H,14,15)(H3,11,12,13);1-5H,(H3,10,11,12). The number of aromatic carboxylic acids is 1. The third-order valence-corrected chi connectivity index (χ3v) is 20.0. The van der Waals surface area contributed by atoms with E-state index in [0.717, 1.165) is 43.7 Å². The van der Waals surface area contributed by atoms with E-state index in [0.29, 0.717) is 82.0 Å². The summed E-state index contributed by atoms with van der Waals surface area (Å²) in [6.07, 6.45) is 5.22. The molecule has 16 aromatic rings. The predicted octanol–water partition coefficient (Wildman–Crippen LogP) is 12.2. The average molecular weight is 1760 g/mol. The molecule has 648 valence electrons. The van der Waals surface area contributed by atoms with Crippen molar-refractivity contribution in [1.29, 1.82) is 0 Å². The summed E-state index contributed by atoms with van der Waals surface area (Å²) in [5.41, 5.74) is 16.4. The molecular weight excluding hydrogens is 1690 g/mol. The van der Waals surface area contributed by atoms with Crippen LogP contribution in [0.1, 0.15) is 101 Å². The van der Waals surface area contributed by atoms with Crippen molar-refractivity contribution in [3.63, 3.8) is 0 Å². The molecule has 8 aromatic heterocycles. The topological polar surface area (TPSA) is 578 Å². The minimum Gasteiger partial charge on any atom is -0.506 e. The summed E-state index contributed by atoms with van der Waals surface area (Å²) >= 11 is 11.9. The lowest BCUT2D eigenvalue weighted by Gasteiger charge is -2.22. The number of aromatic amines is 8. The number of nitrogens with one attached hydrogen (secondary N) is 9. The first-order valence-corrected chi connectivity index (χ1v) is 38.8. The van der Waals surface area contributed by atoms with Crippen molar-refractivity contribution >= 4 is 169 Å². The number of hydrogen-bond acceptors (Lipinski definition) is 24. The number of aromatic nitrogens is 8. The number of carbonyl (C=O) groups excluding carboxylic acids is 5. The Labute approximate surface area is 723 Å². The lowest BCUT2D eigenvalue weighted by Crippen LogP contribution is -2.38. The van der Waals surface area contributed by atoms with Crippen LogP contribution in [0.4, 0.5) is 22.7 Å². The molecule has 8 heterocycles. The van der Waals surface area contributed by atoms with Gasteiger partial charge >= 0.3 is 29.8 Å². The number of amides is 1. The van der Waals surface area contributed by atoms with Crippen molar-refractivity contribution in [1.82, 2.24) is 45.2 Å². The molecule has 8 aromatic carbocycles. The monoisotopic (exact) mass is 1760 g/mol. The lowest BCUT2D eigenvalue weighted by atomic mass is 9.95. The van der Waals surface area contributed by atoms with E-state index in [-0.39, 0.29) is 90.4 Å². The Hall–Kier alpha value is -16.9. The van der Waals surface area contributed by atoms with Crippen molar-refractivity contribution in [2.75, 3.05) is 45.1 Å². The van der Waals surface area contributed by atoms with Gasteiger partial charge in [0.15, 0.2) is 11.1 Å². The van der Waals surface area contributed by atoms with Gasteiger partial charge in [-0.3, -0.25) is 43.2 Å². The van der Waals surface area contributed by atoms with Crippen LogP contribution in [0, 0.1) is 6.57 Å². The Morgan fingerprint density at radius 2 is 0.693 bits per heavy atom. The van der Waals surface area contributed by atoms with Crippen LogP contribution in [0.2, 0.25) is 10.0 Å². The second kappa shape index (κ2) is 42.1.